The topological polar surface area (TPSA) is 0 Å². The van der Waals surface area contributed by atoms with Gasteiger partial charge in [-0.25, -0.2) is 0 Å². The molecule has 0 fully saturated rings. The van der Waals surface area contributed by atoms with E-state index in [1.54, 1.807) is 0 Å². The van der Waals surface area contributed by atoms with Crippen molar-refractivity contribution in [3.63, 3.8) is 0 Å². The summed E-state index contributed by atoms with van der Waals surface area (Å²) in [5, 5.41) is 0. The molecule has 13 heavy (non-hydrogen) atoms. The second-order valence-electron chi connectivity index (χ2n) is 3.21. The van der Waals surface area contributed by atoms with E-state index in [2.05, 4.69) is 0 Å². The highest BCUT2D eigenvalue weighted by Gasteiger charge is 2.47. The fraction of sp³-hybridized carbons (Fsp3) is 1.00. The molecule has 1 atom stereocenters. The molecule has 0 aliphatic rings. The molecule has 0 amide bonds. The highest BCUT2D eigenvalue weighted by atomic mass is 19.4. The molecule has 0 nitrogen and oxygen atoms in total. The molecule has 0 aromatic carbocycles. The predicted molar refractivity (Wildman–Crippen MR) is 35.1 cm³/mol. The van der Waals surface area contributed by atoms with Crippen LogP contribution in [-0.4, -0.2) is 12.4 Å². The Morgan fingerprint density at radius 1 is 0.923 bits per heavy atom. The van der Waals surface area contributed by atoms with E-state index in [0.29, 0.717) is 0 Å². The Morgan fingerprint density at radius 3 is 1.38 bits per heavy atom. The summed E-state index contributed by atoms with van der Waals surface area (Å²) in [5.41, 5.74) is 0. The smallest absolute Gasteiger partial charge is 0.171 e. The van der Waals surface area contributed by atoms with Crippen LogP contribution in [0.25, 0.3) is 0 Å². The molecule has 0 rings (SSSR count). The van der Waals surface area contributed by atoms with Crippen LogP contribution in [0.2, 0.25) is 0 Å². The molecule has 0 radical (unpaired) electrons. The molecule has 0 aliphatic heterocycles. The fourth-order valence-corrected chi connectivity index (χ4v) is 0.979. The molecule has 0 saturated carbocycles. The molecule has 0 aromatic rings. The zero-order valence-electron chi connectivity index (χ0n) is 7.13. The van der Waals surface area contributed by atoms with Gasteiger partial charge in [-0.3, -0.25) is 0 Å². The van der Waals surface area contributed by atoms with Crippen LogP contribution in [0.3, 0.4) is 0 Å². The van der Waals surface area contributed by atoms with Gasteiger partial charge in [-0.05, 0) is 5.92 Å². The minimum absolute atomic E-state index is 1.05. The SMILES string of the molecule is CC(C)[C@H](CC(F)(F)F)C(F)(F)F. The second-order valence-corrected chi connectivity index (χ2v) is 3.21. The average Bonchev–Trinajstić information content (AvgIpc) is 1.77. The van der Waals surface area contributed by atoms with Crippen LogP contribution >= 0.6 is 0 Å². The van der Waals surface area contributed by atoms with Crippen LogP contribution < -0.4 is 0 Å². The summed E-state index contributed by atoms with van der Waals surface area (Å²) < 4.78 is 71.1. The summed E-state index contributed by atoms with van der Waals surface area (Å²) in [6, 6.07) is 0. The Hall–Kier alpha value is -0.420. The van der Waals surface area contributed by atoms with Gasteiger partial charge in [-0.1, -0.05) is 13.8 Å². The maximum absolute atomic E-state index is 12.0. The van der Waals surface area contributed by atoms with Crippen LogP contribution in [0.1, 0.15) is 20.3 Å². The lowest BCUT2D eigenvalue weighted by atomic mass is 9.92. The van der Waals surface area contributed by atoms with Crippen molar-refractivity contribution in [2.24, 2.45) is 11.8 Å². The fourth-order valence-electron chi connectivity index (χ4n) is 0.979. The van der Waals surface area contributed by atoms with E-state index < -0.39 is 30.6 Å². The molecule has 0 bridgehead atoms. The Morgan fingerprint density at radius 2 is 1.31 bits per heavy atom. The van der Waals surface area contributed by atoms with Gasteiger partial charge in [0, 0.05) is 0 Å². The monoisotopic (exact) mass is 208 g/mol. The van der Waals surface area contributed by atoms with Gasteiger partial charge in [0.2, 0.25) is 0 Å². The van der Waals surface area contributed by atoms with Crippen molar-refractivity contribution in [1.82, 2.24) is 0 Å². The van der Waals surface area contributed by atoms with Crippen molar-refractivity contribution >= 4 is 0 Å². The average molecular weight is 208 g/mol. The van der Waals surface area contributed by atoms with E-state index in [0.717, 1.165) is 13.8 Å². The van der Waals surface area contributed by atoms with Crippen LogP contribution in [0.4, 0.5) is 26.3 Å². The second kappa shape index (κ2) is 3.75. The first-order valence-corrected chi connectivity index (χ1v) is 3.67. The Bertz CT molecular complexity index is 153. The predicted octanol–water partition coefficient (Wildman–Crippen LogP) is 3.77. The third-order valence-corrected chi connectivity index (χ3v) is 1.68. The van der Waals surface area contributed by atoms with Gasteiger partial charge < -0.3 is 0 Å². The zero-order valence-corrected chi connectivity index (χ0v) is 7.13. The van der Waals surface area contributed by atoms with Crippen molar-refractivity contribution in [3.8, 4) is 0 Å². The number of hydrogen-bond acceptors (Lipinski definition) is 0. The minimum atomic E-state index is -4.77. The van der Waals surface area contributed by atoms with E-state index >= 15 is 0 Å². The molecule has 0 aliphatic carbocycles. The highest BCUT2D eigenvalue weighted by Crippen LogP contribution is 2.39. The maximum Gasteiger partial charge on any atom is 0.392 e. The summed E-state index contributed by atoms with van der Waals surface area (Å²) in [6.07, 6.45) is -11.3. The zero-order chi connectivity index (χ0) is 10.9. The minimum Gasteiger partial charge on any atom is -0.171 e. The largest absolute Gasteiger partial charge is 0.392 e. The highest BCUT2D eigenvalue weighted by molar-refractivity contribution is 4.74. The third-order valence-electron chi connectivity index (χ3n) is 1.68. The number of hydrogen-bond donors (Lipinski definition) is 0. The van der Waals surface area contributed by atoms with Crippen LogP contribution in [0.5, 0.6) is 0 Å². The molecule has 0 aromatic heterocycles. The van der Waals surface area contributed by atoms with Gasteiger partial charge in [-0.2, -0.15) is 26.3 Å². The normalized spacial score (nSPS) is 16.4. The van der Waals surface area contributed by atoms with E-state index in [1.807, 2.05) is 0 Å². The van der Waals surface area contributed by atoms with E-state index in [1.165, 1.54) is 0 Å². The molecule has 80 valence electrons. The molecule has 0 heterocycles. The van der Waals surface area contributed by atoms with Crippen molar-refractivity contribution in [3.05, 3.63) is 0 Å². The summed E-state index contributed by atoms with van der Waals surface area (Å²) in [5.74, 6) is -3.35. The van der Waals surface area contributed by atoms with E-state index in [4.69, 9.17) is 0 Å². The standard InChI is InChI=1S/C7H10F6/c1-4(2)5(7(11,12)13)3-6(8,9)10/h4-5H,3H2,1-2H3/t5-/m0/s1. The van der Waals surface area contributed by atoms with Gasteiger partial charge in [0.15, 0.2) is 0 Å². The van der Waals surface area contributed by atoms with Crippen LogP contribution in [-0.2, 0) is 0 Å². The van der Waals surface area contributed by atoms with Crippen LogP contribution in [0, 0.1) is 11.8 Å². The molecule has 0 spiro atoms. The molecular formula is C7H10F6. The van der Waals surface area contributed by atoms with Gasteiger partial charge in [0.25, 0.3) is 0 Å². The Labute approximate surface area is 71.9 Å². The number of halogens is 6. The lowest BCUT2D eigenvalue weighted by molar-refractivity contribution is -0.228. The summed E-state index contributed by atoms with van der Waals surface area (Å²) >= 11 is 0. The summed E-state index contributed by atoms with van der Waals surface area (Å²) in [7, 11) is 0. The number of alkyl halides is 6. The summed E-state index contributed by atoms with van der Waals surface area (Å²) in [6.45, 7) is 2.26. The van der Waals surface area contributed by atoms with E-state index in [-0.39, 0.29) is 0 Å². The molecular weight excluding hydrogens is 198 g/mol. The molecule has 0 unspecified atom stereocenters. The first-order valence-electron chi connectivity index (χ1n) is 3.67. The van der Waals surface area contributed by atoms with Gasteiger partial charge >= 0.3 is 12.4 Å². The lowest BCUT2D eigenvalue weighted by Crippen LogP contribution is -2.32. The summed E-state index contributed by atoms with van der Waals surface area (Å²) in [4.78, 5) is 0. The van der Waals surface area contributed by atoms with Gasteiger partial charge in [-0.15, -0.1) is 0 Å². The maximum atomic E-state index is 12.0. The molecule has 0 N–H and O–H groups in total. The van der Waals surface area contributed by atoms with Crippen molar-refractivity contribution in [1.29, 1.82) is 0 Å². The van der Waals surface area contributed by atoms with Crippen LogP contribution in [0.15, 0.2) is 0 Å². The van der Waals surface area contributed by atoms with E-state index in [9.17, 15) is 26.3 Å². The molecule has 6 heteroatoms. The van der Waals surface area contributed by atoms with Crippen molar-refractivity contribution in [2.45, 2.75) is 32.6 Å². The third kappa shape index (κ3) is 5.00. The number of rotatable bonds is 2. The molecule has 0 saturated heterocycles. The first kappa shape index (κ1) is 12.6. The Kier molecular flexibility index (Phi) is 3.63. The Balaban J connectivity index is 4.47. The first-order chi connectivity index (χ1) is 5.54. The van der Waals surface area contributed by atoms with Gasteiger partial charge in [0.05, 0.1) is 12.3 Å². The van der Waals surface area contributed by atoms with Gasteiger partial charge in [0.1, 0.15) is 0 Å². The van der Waals surface area contributed by atoms with Crippen molar-refractivity contribution < 1.29 is 26.3 Å². The lowest BCUT2D eigenvalue weighted by Gasteiger charge is -2.24. The quantitative estimate of drug-likeness (QED) is 0.606. The van der Waals surface area contributed by atoms with Crippen molar-refractivity contribution in [2.75, 3.05) is 0 Å².